The molecule has 1 aliphatic heterocycles. The van der Waals surface area contributed by atoms with Crippen LogP contribution in [0.2, 0.25) is 0 Å². The Balaban J connectivity index is 2.09. The van der Waals surface area contributed by atoms with Crippen molar-refractivity contribution in [1.82, 2.24) is 9.55 Å². The lowest BCUT2D eigenvalue weighted by molar-refractivity contribution is 0.201. The van der Waals surface area contributed by atoms with Crippen LogP contribution in [0, 0.1) is 0 Å². The van der Waals surface area contributed by atoms with Crippen LogP contribution in [-0.4, -0.2) is 35.4 Å². The molecule has 0 unspecified atom stereocenters. The number of nitrogens with one attached hydrogen (secondary N) is 1. The fourth-order valence-electron chi connectivity index (χ4n) is 3.62. The average molecular weight is 387 g/mol. The summed E-state index contributed by atoms with van der Waals surface area (Å²) < 4.78 is 24.8. The smallest absolute Gasteiger partial charge is 0.412 e. The summed E-state index contributed by atoms with van der Waals surface area (Å²) in [5.74, 6) is -0.151. The molecule has 0 spiro atoms. The number of hydrogen-bond donors (Lipinski definition) is 2. The zero-order valence-corrected chi connectivity index (χ0v) is 15.5. The minimum Gasteiger partial charge on any atom is -0.465 e. The fourth-order valence-corrected chi connectivity index (χ4v) is 4.40. The number of nitrogens with zero attached hydrogens (tertiary/aromatic N) is 2. The van der Waals surface area contributed by atoms with E-state index in [1.165, 1.54) is 9.47 Å². The van der Waals surface area contributed by atoms with Crippen molar-refractivity contribution in [1.29, 1.82) is 0 Å². The first-order valence-electron chi connectivity index (χ1n) is 8.17. The molecule has 3 heterocycles. The van der Waals surface area contributed by atoms with E-state index in [0.717, 1.165) is 6.26 Å². The van der Waals surface area contributed by atoms with Crippen molar-refractivity contribution in [2.24, 2.45) is 7.05 Å². The molecule has 1 aliphatic rings. The molecule has 0 saturated carbocycles. The van der Waals surface area contributed by atoms with Crippen LogP contribution in [0.3, 0.4) is 0 Å². The van der Waals surface area contributed by atoms with Gasteiger partial charge in [-0.1, -0.05) is 6.07 Å². The van der Waals surface area contributed by atoms with Gasteiger partial charge in [0.05, 0.1) is 18.0 Å². The second-order valence-corrected chi connectivity index (χ2v) is 8.95. The SMILES string of the molecule is Cn1cc2c3c(c[nH]c3c1=O)CN(C(=O)O)c1ccc(CS(C)(=O)=O)cc1-2. The molecule has 0 atom stereocenters. The Kier molecular flexibility index (Phi) is 3.67. The van der Waals surface area contributed by atoms with Gasteiger partial charge in [-0.2, -0.15) is 0 Å². The van der Waals surface area contributed by atoms with E-state index in [0.29, 0.717) is 38.8 Å². The first-order chi connectivity index (χ1) is 12.7. The Hall–Kier alpha value is -3.07. The minimum absolute atomic E-state index is 0.0912. The predicted octanol–water partition coefficient (Wildman–Crippen LogP) is 2.08. The van der Waals surface area contributed by atoms with E-state index in [1.807, 2.05) is 0 Å². The molecular weight excluding hydrogens is 370 g/mol. The number of sulfone groups is 1. The topological polar surface area (TPSA) is 112 Å². The third kappa shape index (κ3) is 2.80. The van der Waals surface area contributed by atoms with Crippen molar-refractivity contribution in [2.75, 3.05) is 11.2 Å². The number of carbonyl (C=O) groups is 1. The van der Waals surface area contributed by atoms with Gasteiger partial charge >= 0.3 is 6.09 Å². The van der Waals surface area contributed by atoms with Crippen molar-refractivity contribution < 1.29 is 18.3 Å². The van der Waals surface area contributed by atoms with Crippen molar-refractivity contribution in [2.45, 2.75) is 12.3 Å². The third-order valence-electron chi connectivity index (χ3n) is 4.72. The van der Waals surface area contributed by atoms with E-state index in [2.05, 4.69) is 4.98 Å². The van der Waals surface area contributed by atoms with Crippen LogP contribution in [0.25, 0.3) is 22.0 Å². The normalized spacial score (nSPS) is 13.5. The molecule has 0 radical (unpaired) electrons. The monoisotopic (exact) mass is 387 g/mol. The lowest BCUT2D eigenvalue weighted by Gasteiger charge is -2.20. The lowest BCUT2D eigenvalue weighted by atomic mass is 9.99. The second kappa shape index (κ2) is 5.71. The quantitative estimate of drug-likeness (QED) is 0.699. The number of anilines is 1. The molecular formula is C18H17N3O5S. The van der Waals surface area contributed by atoms with Crippen LogP contribution in [0.5, 0.6) is 0 Å². The standard InChI is InChI=1S/C18H17N3O5S/c1-20-8-13-12-5-10(9-27(2,25)26)3-4-14(12)21(18(23)24)7-11-6-19-16(15(11)13)17(20)22/h3-6,8,19H,7,9H2,1-2H3,(H,23,24). The van der Waals surface area contributed by atoms with E-state index < -0.39 is 15.9 Å². The van der Waals surface area contributed by atoms with Gasteiger partial charge in [-0.05, 0) is 23.3 Å². The first kappa shape index (κ1) is 17.3. The molecule has 140 valence electrons. The number of aromatic nitrogens is 2. The van der Waals surface area contributed by atoms with Gasteiger partial charge in [-0.25, -0.2) is 13.2 Å². The van der Waals surface area contributed by atoms with Crippen molar-refractivity contribution in [3.05, 3.63) is 52.1 Å². The molecule has 1 amide bonds. The lowest BCUT2D eigenvalue weighted by Crippen LogP contribution is -2.28. The Morgan fingerprint density at radius 1 is 1.30 bits per heavy atom. The Bertz CT molecular complexity index is 1270. The molecule has 2 N–H and O–H groups in total. The highest BCUT2D eigenvalue weighted by molar-refractivity contribution is 7.89. The third-order valence-corrected chi connectivity index (χ3v) is 5.58. The van der Waals surface area contributed by atoms with Gasteiger partial charge in [0.2, 0.25) is 0 Å². The van der Waals surface area contributed by atoms with Crippen molar-refractivity contribution >= 4 is 32.5 Å². The minimum atomic E-state index is -3.25. The van der Waals surface area contributed by atoms with E-state index in [4.69, 9.17) is 0 Å². The van der Waals surface area contributed by atoms with Crippen LogP contribution < -0.4 is 10.5 Å². The first-order valence-corrected chi connectivity index (χ1v) is 10.2. The van der Waals surface area contributed by atoms with Crippen LogP contribution in [0.15, 0.2) is 35.4 Å². The molecule has 9 heteroatoms. The number of H-pyrrole nitrogens is 1. The Morgan fingerprint density at radius 2 is 2.04 bits per heavy atom. The van der Waals surface area contributed by atoms with Gasteiger partial charge in [-0.3, -0.25) is 9.69 Å². The van der Waals surface area contributed by atoms with Gasteiger partial charge in [0.15, 0.2) is 9.84 Å². The molecule has 27 heavy (non-hydrogen) atoms. The number of pyridine rings is 1. The number of amides is 1. The number of benzene rings is 1. The maximum atomic E-state index is 12.5. The molecule has 4 rings (SSSR count). The van der Waals surface area contributed by atoms with E-state index >= 15 is 0 Å². The highest BCUT2D eigenvalue weighted by Gasteiger charge is 2.27. The molecule has 8 nitrogen and oxygen atoms in total. The summed E-state index contributed by atoms with van der Waals surface area (Å²) in [6, 6.07) is 4.93. The van der Waals surface area contributed by atoms with E-state index in [1.54, 1.807) is 37.6 Å². The summed E-state index contributed by atoms with van der Waals surface area (Å²) in [5.41, 5.74) is 3.17. The van der Waals surface area contributed by atoms with E-state index in [9.17, 15) is 23.1 Å². The van der Waals surface area contributed by atoms with Gasteiger partial charge in [0.25, 0.3) is 5.56 Å². The van der Waals surface area contributed by atoms with Gasteiger partial charge in [0.1, 0.15) is 5.52 Å². The maximum Gasteiger partial charge on any atom is 0.412 e. The molecule has 0 aliphatic carbocycles. The molecule has 1 aromatic carbocycles. The summed E-state index contributed by atoms with van der Waals surface area (Å²) in [5, 5.41) is 10.4. The Morgan fingerprint density at radius 3 is 2.70 bits per heavy atom. The number of carboxylic acid groups (broad SMARTS) is 1. The number of aromatic amines is 1. The molecule has 0 fully saturated rings. The molecule has 0 saturated heterocycles. The zero-order valence-electron chi connectivity index (χ0n) is 14.7. The number of hydrogen-bond acceptors (Lipinski definition) is 4. The Labute approximate surface area is 154 Å². The van der Waals surface area contributed by atoms with Crippen LogP contribution >= 0.6 is 0 Å². The predicted molar refractivity (Wildman–Crippen MR) is 102 cm³/mol. The van der Waals surface area contributed by atoms with E-state index in [-0.39, 0.29) is 17.9 Å². The summed E-state index contributed by atoms with van der Waals surface area (Å²) in [6.45, 7) is 0.0912. The number of rotatable bonds is 2. The van der Waals surface area contributed by atoms with Crippen LogP contribution in [-0.2, 0) is 29.2 Å². The fraction of sp³-hybridized carbons (Fsp3) is 0.222. The number of fused-ring (bicyclic) bond motifs is 2. The van der Waals surface area contributed by atoms with Crippen LogP contribution in [0.4, 0.5) is 10.5 Å². The second-order valence-electron chi connectivity index (χ2n) is 6.81. The summed E-state index contributed by atoms with van der Waals surface area (Å²) >= 11 is 0. The van der Waals surface area contributed by atoms with Crippen LogP contribution in [0.1, 0.15) is 11.1 Å². The molecule has 0 bridgehead atoms. The maximum absolute atomic E-state index is 12.5. The van der Waals surface area contributed by atoms with Crippen molar-refractivity contribution in [3.8, 4) is 11.1 Å². The number of aryl methyl sites for hydroxylation is 1. The molecule has 3 aromatic rings. The zero-order chi connectivity index (χ0) is 19.5. The average Bonchev–Trinajstić information content (AvgIpc) is 2.93. The summed E-state index contributed by atoms with van der Waals surface area (Å²) in [4.78, 5) is 28.5. The summed E-state index contributed by atoms with van der Waals surface area (Å²) in [7, 11) is -1.63. The van der Waals surface area contributed by atoms with Crippen molar-refractivity contribution in [3.63, 3.8) is 0 Å². The van der Waals surface area contributed by atoms with Gasteiger partial charge < -0.3 is 14.7 Å². The molecule has 2 aromatic heterocycles. The van der Waals surface area contributed by atoms with Gasteiger partial charge in [-0.15, -0.1) is 0 Å². The highest BCUT2D eigenvalue weighted by Crippen LogP contribution is 2.41. The highest BCUT2D eigenvalue weighted by atomic mass is 32.2. The van der Waals surface area contributed by atoms with Gasteiger partial charge in [0, 0.05) is 42.2 Å². The summed E-state index contributed by atoms with van der Waals surface area (Å²) in [6.07, 6.45) is 3.34. The largest absolute Gasteiger partial charge is 0.465 e.